The average molecular weight is 429 g/mol. The molecule has 5 aliphatic rings. The van der Waals surface area contributed by atoms with Crippen LogP contribution in [0.25, 0.3) is 0 Å². The first-order chi connectivity index (χ1) is 14.2. The van der Waals surface area contributed by atoms with Gasteiger partial charge in [0.15, 0.2) is 0 Å². The minimum absolute atomic E-state index is 0.0792. The summed E-state index contributed by atoms with van der Waals surface area (Å²) in [5.74, 6) is 2.91. The van der Waals surface area contributed by atoms with Crippen molar-refractivity contribution in [2.45, 2.75) is 132 Å². The number of fused-ring (bicyclic) bond motifs is 7. The molecule has 0 spiro atoms. The van der Waals surface area contributed by atoms with E-state index in [2.05, 4.69) is 55.4 Å². The first-order valence-electron chi connectivity index (χ1n) is 13.9. The number of aliphatic hydroxyl groups excluding tert-OH is 1. The maximum Gasteiger partial charge on any atom is 0.0579 e. The number of hydrogen-bond acceptors (Lipinski definition) is 1. The third-order valence-corrected chi connectivity index (χ3v) is 13.8. The average Bonchev–Trinajstić information content (AvgIpc) is 2.68. The molecule has 0 saturated heterocycles. The second-order valence-corrected chi connectivity index (χ2v) is 15.5. The lowest BCUT2D eigenvalue weighted by Gasteiger charge is -2.75. The van der Waals surface area contributed by atoms with Crippen molar-refractivity contribution in [3.05, 3.63) is 0 Å². The molecule has 0 radical (unpaired) electrons. The summed E-state index contributed by atoms with van der Waals surface area (Å²) in [4.78, 5) is 0. The highest BCUT2D eigenvalue weighted by Crippen LogP contribution is 2.78. The van der Waals surface area contributed by atoms with E-state index in [4.69, 9.17) is 0 Å². The molecular weight excluding hydrogens is 376 g/mol. The maximum atomic E-state index is 11.4. The molecule has 31 heavy (non-hydrogen) atoms. The Balaban J connectivity index is 1.56. The molecule has 1 heteroatoms. The molecular formula is C30H52O. The standard InChI is InChI=1S/C30H52O/c1-20-9-10-21(31)24-27(20,5)12-11-22-28(24,6)16-18-30(8)23-19-25(2,3)13-14-26(23,4)15-17-29(22,30)7/h20-24,31H,9-19H2,1-8H3. The fourth-order valence-electron chi connectivity index (χ4n) is 11.4. The normalized spacial score (nSPS) is 60.9. The van der Waals surface area contributed by atoms with Gasteiger partial charge in [-0.3, -0.25) is 0 Å². The predicted octanol–water partition coefficient (Wildman–Crippen LogP) is 8.25. The Kier molecular flexibility index (Phi) is 4.80. The van der Waals surface area contributed by atoms with Crippen molar-refractivity contribution in [3.63, 3.8) is 0 Å². The van der Waals surface area contributed by atoms with Crippen molar-refractivity contribution in [1.82, 2.24) is 0 Å². The molecule has 10 atom stereocenters. The molecule has 0 heterocycles. The van der Waals surface area contributed by atoms with Gasteiger partial charge < -0.3 is 5.11 Å². The quantitative estimate of drug-likeness (QED) is 0.412. The fourth-order valence-corrected chi connectivity index (χ4v) is 11.4. The number of rotatable bonds is 0. The Bertz CT molecular complexity index is 741. The summed E-state index contributed by atoms with van der Waals surface area (Å²) >= 11 is 0. The summed E-state index contributed by atoms with van der Waals surface area (Å²) in [6, 6.07) is 0. The van der Waals surface area contributed by atoms with Crippen LogP contribution in [0.4, 0.5) is 0 Å². The monoisotopic (exact) mass is 428 g/mol. The number of aliphatic hydroxyl groups is 1. The number of hydrogen-bond donors (Lipinski definition) is 1. The molecule has 0 aromatic carbocycles. The topological polar surface area (TPSA) is 20.2 Å². The second-order valence-electron chi connectivity index (χ2n) is 15.5. The zero-order valence-electron chi connectivity index (χ0n) is 22.1. The van der Waals surface area contributed by atoms with Crippen LogP contribution >= 0.6 is 0 Å². The van der Waals surface area contributed by atoms with Gasteiger partial charge >= 0.3 is 0 Å². The van der Waals surface area contributed by atoms with E-state index >= 15 is 0 Å². The summed E-state index contributed by atoms with van der Waals surface area (Å²) < 4.78 is 0. The molecule has 0 bridgehead atoms. The van der Waals surface area contributed by atoms with Crippen molar-refractivity contribution in [1.29, 1.82) is 0 Å². The molecule has 0 aromatic rings. The zero-order valence-corrected chi connectivity index (χ0v) is 22.1. The van der Waals surface area contributed by atoms with Gasteiger partial charge in [0.05, 0.1) is 6.10 Å². The predicted molar refractivity (Wildman–Crippen MR) is 131 cm³/mol. The van der Waals surface area contributed by atoms with Crippen molar-refractivity contribution >= 4 is 0 Å². The van der Waals surface area contributed by atoms with Crippen molar-refractivity contribution in [2.75, 3.05) is 0 Å². The van der Waals surface area contributed by atoms with Gasteiger partial charge in [-0.1, -0.05) is 55.4 Å². The first-order valence-corrected chi connectivity index (χ1v) is 13.9. The summed E-state index contributed by atoms with van der Waals surface area (Å²) in [7, 11) is 0. The summed E-state index contributed by atoms with van der Waals surface area (Å²) in [5, 5.41) is 11.4. The zero-order chi connectivity index (χ0) is 22.7. The Hall–Kier alpha value is -0.0400. The molecule has 0 aliphatic heterocycles. The smallest absolute Gasteiger partial charge is 0.0579 e. The Morgan fingerprint density at radius 1 is 0.613 bits per heavy atom. The van der Waals surface area contributed by atoms with E-state index < -0.39 is 0 Å². The van der Waals surface area contributed by atoms with Gasteiger partial charge in [0.1, 0.15) is 0 Å². The van der Waals surface area contributed by atoms with Gasteiger partial charge in [-0.2, -0.15) is 0 Å². The van der Waals surface area contributed by atoms with E-state index in [-0.39, 0.29) is 6.10 Å². The van der Waals surface area contributed by atoms with Gasteiger partial charge in [-0.05, 0) is 127 Å². The SMILES string of the molecule is CC1CCC(O)C2C1(C)CCC1C2(C)CCC2(C)C3CC(C)(C)CCC3(C)CCC12C. The Morgan fingerprint density at radius 2 is 1.23 bits per heavy atom. The Labute approximate surface area is 193 Å². The van der Waals surface area contributed by atoms with E-state index in [1.807, 2.05) is 0 Å². The minimum atomic E-state index is -0.0792. The van der Waals surface area contributed by atoms with Crippen molar-refractivity contribution < 1.29 is 5.11 Å². The largest absolute Gasteiger partial charge is 0.393 e. The molecule has 5 fully saturated rings. The Morgan fingerprint density at radius 3 is 1.94 bits per heavy atom. The molecule has 0 amide bonds. The van der Waals surface area contributed by atoms with Gasteiger partial charge in [0.2, 0.25) is 0 Å². The van der Waals surface area contributed by atoms with Crippen LogP contribution in [0.5, 0.6) is 0 Å². The van der Waals surface area contributed by atoms with Crippen LogP contribution in [-0.2, 0) is 0 Å². The highest BCUT2D eigenvalue weighted by atomic mass is 16.3. The highest BCUT2D eigenvalue weighted by Gasteiger charge is 2.71. The lowest BCUT2D eigenvalue weighted by molar-refractivity contribution is -0.271. The lowest BCUT2D eigenvalue weighted by atomic mass is 9.30. The summed E-state index contributed by atoms with van der Waals surface area (Å²) in [5.41, 5.74) is 2.60. The molecule has 5 rings (SSSR count). The van der Waals surface area contributed by atoms with Gasteiger partial charge in [0.25, 0.3) is 0 Å². The van der Waals surface area contributed by atoms with E-state index in [9.17, 15) is 5.11 Å². The highest BCUT2D eigenvalue weighted by molar-refractivity contribution is 5.20. The van der Waals surface area contributed by atoms with Crippen LogP contribution < -0.4 is 0 Å². The van der Waals surface area contributed by atoms with E-state index in [1.165, 1.54) is 64.2 Å². The third kappa shape index (κ3) is 2.77. The van der Waals surface area contributed by atoms with Crippen LogP contribution in [0.1, 0.15) is 126 Å². The maximum absolute atomic E-state index is 11.4. The molecule has 5 saturated carbocycles. The van der Waals surface area contributed by atoms with Crippen LogP contribution in [0.15, 0.2) is 0 Å². The molecule has 5 aliphatic carbocycles. The van der Waals surface area contributed by atoms with Crippen LogP contribution in [-0.4, -0.2) is 11.2 Å². The van der Waals surface area contributed by atoms with Crippen LogP contribution in [0.3, 0.4) is 0 Å². The van der Waals surface area contributed by atoms with Crippen LogP contribution in [0, 0.1) is 56.2 Å². The van der Waals surface area contributed by atoms with Gasteiger partial charge in [-0.25, -0.2) is 0 Å². The van der Waals surface area contributed by atoms with Gasteiger partial charge in [0, 0.05) is 0 Å². The van der Waals surface area contributed by atoms with Crippen LogP contribution in [0.2, 0.25) is 0 Å². The fraction of sp³-hybridized carbons (Fsp3) is 1.00. The minimum Gasteiger partial charge on any atom is -0.393 e. The summed E-state index contributed by atoms with van der Waals surface area (Å²) in [6.45, 7) is 20.9. The lowest BCUT2D eigenvalue weighted by Crippen LogP contribution is -2.68. The molecule has 1 N–H and O–H groups in total. The van der Waals surface area contributed by atoms with Crippen molar-refractivity contribution in [3.8, 4) is 0 Å². The van der Waals surface area contributed by atoms with E-state index in [1.54, 1.807) is 0 Å². The van der Waals surface area contributed by atoms with Gasteiger partial charge in [-0.15, -0.1) is 0 Å². The molecule has 0 aromatic heterocycles. The molecule has 10 unspecified atom stereocenters. The van der Waals surface area contributed by atoms with E-state index in [0.717, 1.165) is 24.2 Å². The molecule has 1 nitrogen and oxygen atoms in total. The molecule has 178 valence electrons. The van der Waals surface area contributed by atoms with E-state index in [0.29, 0.717) is 38.4 Å². The second kappa shape index (κ2) is 6.55. The third-order valence-electron chi connectivity index (χ3n) is 13.8. The first kappa shape index (κ1) is 22.7. The van der Waals surface area contributed by atoms with Crippen molar-refractivity contribution in [2.24, 2.45) is 56.2 Å². The summed E-state index contributed by atoms with van der Waals surface area (Å²) in [6.07, 6.45) is 14.8.